The molecule has 0 aromatic carbocycles. The number of nitrogens with zero attached hydrogens (tertiary/aromatic N) is 4. The molecule has 21 heavy (non-hydrogen) atoms. The molecule has 0 saturated carbocycles. The molecule has 0 amide bonds. The van der Waals surface area contributed by atoms with Crippen LogP contribution >= 0.6 is 22.9 Å². The number of piperidine rings is 1. The fraction of sp³-hybridized carbons (Fsp3) is 0.500. The topological polar surface area (TPSA) is 67.9 Å². The van der Waals surface area contributed by atoms with Gasteiger partial charge in [-0.1, -0.05) is 18.5 Å². The fourth-order valence-corrected chi connectivity index (χ4v) is 3.89. The van der Waals surface area contributed by atoms with Crippen molar-refractivity contribution in [2.24, 2.45) is 0 Å². The van der Waals surface area contributed by atoms with Gasteiger partial charge in [0.2, 0.25) is 0 Å². The number of rotatable bonds is 3. The first-order valence-corrected chi connectivity index (χ1v) is 8.40. The summed E-state index contributed by atoms with van der Waals surface area (Å²) in [6.45, 7) is 3.96. The van der Waals surface area contributed by atoms with E-state index in [1.54, 1.807) is 11.3 Å². The summed E-state index contributed by atoms with van der Waals surface area (Å²) in [6.07, 6.45) is 4.72. The van der Waals surface area contributed by atoms with Crippen molar-refractivity contribution >= 4 is 34.6 Å². The molecular weight excluding hydrogens is 306 g/mol. The maximum absolute atomic E-state index is 6.24. The molecule has 2 N–H and O–H groups in total. The molecule has 0 spiro atoms. The molecule has 112 valence electrons. The summed E-state index contributed by atoms with van der Waals surface area (Å²) in [4.78, 5) is 15.1. The van der Waals surface area contributed by atoms with Crippen LogP contribution in [0.1, 0.15) is 36.4 Å². The van der Waals surface area contributed by atoms with Crippen LogP contribution in [0.4, 0.5) is 11.6 Å². The van der Waals surface area contributed by atoms with Crippen molar-refractivity contribution in [3.63, 3.8) is 0 Å². The SMILES string of the molecule is CCc1csc(C2CCCN(c3ncnc(N)c3Cl)C2)n1. The highest BCUT2D eigenvalue weighted by atomic mass is 35.5. The van der Waals surface area contributed by atoms with Gasteiger partial charge in [-0.3, -0.25) is 0 Å². The Morgan fingerprint density at radius 1 is 1.48 bits per heavy atom. The summed E-state index contributed by atoms with van der Waals surface area (Å²) >= 11 is 8.00. The normalized spacial score (nSPS) is 19.0. The van der Waals surface area contributed by atoms with E-state index < -0.39 is 0 Å². The van der Waals surface area contributed by atoms with Crippen LogP contribution in [0.2, 0.25) is 5.02 Å². The largest absolute Gasteiger partial charge is 0.382 e. The van der Waals surface area contributed by atoms with Crippen LogP contribution < -0.4 is 10.6 Å². The molecule has 3 heterocycles. The molecule has 1 aliphatic heterocycles. The fourth-order valence-electron chi connectivity index (χ4n) is 2.64. The van der Waals surface area contributed by atoms with Gasteiger partial charge in [0, 0.05) is 24.4 Å². The van der Waals surface area contributed by atoms with Crippen LogP contribution in [0.15, 0.2) is 11.7 Å². The predicted molar refractivity (Wildman–Crippen MR) is 87.1 cm³/mol. The van der Waals surface area contributed by atoms with Crippen molar-refractivity contribution in [2.75, 3.05) is 23.7 Å². The Bertz CT molecular complexity index is 630. The van der Waals surface area contributed by atoms with E-state index in [2.05, 4.69) is 27.2 Å². The summed E-state index contributed by atoms with van der Waals surface area (Å²) in [6, 6.07) is 0. The van der Waals surface area contributed by atoms with E-state index in [0.29, 0.717) is 16.8 Å². The van der Waals surface area contributed by atoms with E-state index in [1.165, 1.54) is 17.0 Å². The smallest absolute Gasteiger partial charge is 0.153 e. The minimum absolute atomic E-state index is 0.339. The van der Waals surface area contributed by atoms with E-state index in [4.69, 9.17) is 22.3 Å². The molecule has 1 aliphatic rings. The highest BCUT2D eigenvalue weighted by Crippen LogP contribution is 2.34. The van der Waals surface area contributed by atoms with Crippen molar-refractivity contribution in [3.8, 4) is 0 Å². The first-order chi connectivity index (χ1) is 10.2. The average molecular weight is 324 g/mol. The maximum Gasteiger partial charge on any atom is 0.153 e. The number of nitrogens with two attached hydrogens (primary N) is 1. The highest BCUT2D eigenvalue weighted by Gasteiger charge is 2.26. The third kappa shape index (κ3) is 2.96. The average Bonchev–Trinajstić information content (AvgIpc) is 2.99. The maximum atomic E-state index is 6.24. The van der Waals surface area contributed by atoms with Gasteiger partial charge < -0.3 is 10.6 Å². The third-order valence-corrected chi connectivity index (χ3v) is 5.22. The van der Waals surface area contributed by atoms with Crippen molar-refractivity contribution < 1.29 is 0 Å². The summed E-state index contributed by atoms with van der Waals surface area (Å²) < 4.78 is 0. The van der Waals surface area contributed by atoms with Gasteiger partial charge in [0.1, 0.15) is 17.2 Å². The van der Waals surface area contributed by atoms with Gasteiger partial charge in [-0.15, -0.1) is 11.3 Å². The van der Waals surface area contributed by atoms with Crippen molar-refractivity contribution in [3.05, 3.63) is 27.4 Å². The first kappa shape index (κ1) is 14.5. The molecular formula is C14H18ClN5S. The number of hydrogen-bond acceptors (Lipinski definition) is 6. The van der Waals surface area contributed by atoms with Crippen LogP contribution in [0, 0.1) is 0 Å². The summed E-state index contributed by atoms with van der Waals surface area (Å²) in [7, 11) is 0. The van der Waals surface area contributed by atoms with Crippen LogP contribution in [-0.4, -0.2) is 28.0 Å². The molecule has 1 atom stereocenters. The van der Waals surface area contributed by atoms with Gasteiger partial charge in [0.25, 0.3) is 0 Å². The number of aryl methyl sites for hydroxylation is 1. The Kier molecular flexibility index (Phi) is 4.26. The Hall–Kier alpha value is -1.40. The number of thiazole rings is 1. The van der Waals surface area contributed by atoms with Crippen LogP contribution in [0.25, 0.3) is 0 Å². The number of aromatic nitrogens is 3. The number of nitrogen functional groups attached to an aromatic ring is 1. The van der Waals surface area contributed by atoms with Gasteiger partial charge in [0.05, 0.1) is 10.7 Å². The second-order valence-electron chi connectivity index (χ2n) is 5.21. The second kappa shape index (κ2) is 6.15. The zero-order chi connectivity index (χ0) is 14.8. The number of anilines is 2. The Labute approximate surface area is 133 Å². The lowest BCUT2D eigenvalue weighted by Crippen LogP contribution is -2.35. The van der Waals surface area contributed by atoms with Gasteiger partial charge >= 0.3 is 0 Å². The zero-order valence-electron chi connectivity index (χ0n) is 11.9. The summed E-state index contributed by atoms with van der Waals surface area (Å²) in [5.74, 6) is 1.52. The van der Waals surface area contributed by atoms with Gasteiger partial charge in [-0.2, -0.15) is 0 Å². The summed E-state index contributed by atoms with van der Waals surface area (Å²) in [5, 5.41) is 3.82. The molecule has 3 rings (SSSR count). The highest BCUT2D eigenvalue weighted by molar-refractivity contribution is 7.09. The van der Waals surface area contributed by atoms with E-state index in [1.807, 2.05) is 0 Å². The minimum atomic E-state index is 0.339. The molecule has 2 aromatic rings. The number of halogens is 1. The second-order valence-corrected chi connectivity index (χ2v) is 6.48. The predicted octanol–water partition coefficient (Wildman–Crippen LogP) is 3.12. The lowest BCUT2D eigenvalue weighted by Gasteiger charge is -2.33. The Morgan fingerprint density at radius 3 is 3.10 bits per heavy atom. The van der Waals surface area contributed by atoms with Crippen molar-refractivity contribution in [2.45, 2.75) is 32.1 Å². The molecule has 2 aromatic heterocycles. The molecule has 1 saturated heterocycles. The van der Waals surface area contributed by atoms with Crippen molar-refractivity contribution in [1.82, 2.24) is 15.0 Å². The van der Waals surface area contributed by atoms with E-state index in [0.717, 1.165) is 38.2 Å². The van der Waals surface area contributed by atoms with Crippen LogP contribution in [0.5, 0.6) is 0 Å². The van der Waals surface area contributed by atoms with Crippen molar-refractivity contribution in [1.29, 1.82) is 0 Å². The van der Waals surface area contributed by atoms with E-state index >= 15 is 0 Å². The quantitative estimate of drug-likeness (QED) is 0.940. The van der Waals surface area contributed by atoms with Crippen LogP contribution in [-0.2, 0) is 6.42 Å². The standard InChI is InChI=1S/C14H18ClN5S/c1-2-10-7-21-14(19-10)9-4-3-5-20(6-9)13-11(15)12(16)17-8-18-13/h7-9H,2-6H2,1H3,(H2,16,17,18). The third-order valence-electron chi connectivity index (χ3n) is 3.80. The molecule has 7 heteroatoms. The summed E-state index contributed by atoms with van der Waals surface area (Å²) in [5.41, 5.74) is 6.95. The van der Waals surface area contributed by atoms with Gasteiger partial charge in [0.15, 0.2) is 5.82 Å². The molecule has 0 radical (unpaired) electrons. The first-order valence-electron chi connectivity index (χ1n) is 7.14. The van der Waals surface area contributed by atoms with Crippen LogP contribution in [0.3, 0.4) is 0 Å². The van der Waals surface area contributed by atoms with Gasteiger partial charge in [-0.25, -0.2) is 15.0 Å². The molecule has 1 fully saturated rings. The molecule has 5 nitrogen and oxygen atoms in total. The number of hydrogen-bond donors (Lipinski definition) is 1. The Morgan fingerprint density at radius 2 is 2.33 bits per heavy atom. The molecule has 0 bridgehead atoms. The minimum Gasteiger partial charge on any atom is -0.382 e. The Balaban J connectivity index is 1.81. The van der Waals surface area contributed by atoms with E-state index in [9.17, 15) is 0 Å². The van der Waals surface area contributed by atoms with E-state index in [-0.39, 0.29) is 0 Å². The lowest BCUT2D eigenvalue weighted by molar-refractivity contribution is 0.504. The van der Waals surface area contributed by atoms with Gasteiger partial charge in [-0.05, 0) is 19.3 Å². The molecule has 0 aliphatic carbocycles. The molecule has 1 unspecified atom stereocenters. The lowest BCUT2D eigenvalue weighted by atomic mass is 9.99. The zero-order valence-corrected chi connectivity index (χ0v) is 13.5. The monoisotopic (exact) mass is 323 g/mol.